The lowest BCUT2D eigenvalue weighted by atomic mass is 10.2. The Hall–Kier alpha value is -3.65. The lowest BCUT2D eigenvalue weighted by molar-refractivity contribution is 0.102. The highest BCUT2D eigenvalue weighted by molar-refractivity contribution is 6.31. The predicted molar refractivity (Wildman–Crippen MR) is 122 cm³/mol. The number of aryl methyl sites for hydroxylation is 3. The van der Waals surface area contributed by atoms with Crippen molar-refractivity contribution >= 4 is 23.3 Å². The van der Waals surface area contributed by atoms with Crippen molar-refractivity contribution in [1.82, 2.24) is 14.9 Å². The zero-order chi connectivity index (χ0) is 23.5. The summed E-state index contributed by atoms with van der Waals surface area (Å²) in [6, 6.07) is 12.9. The average molecular weight is 469 g/mol. The largest absolute Gasteiger partial charge is 0.488 e. The number of amides is 1. The van der Waals surface area contributed by atoms with Gasteiger partial charge in [-0.15, -0.1) is 0 Å². The summed E-state index contributed by atoms with van der Waals surface area (Å²) in [6.45, 7) is 6.09. The van der Waals surface area contributed by atoms with Gasteiger partial charge in [-0.3, -0.25) is 9.48 Å². The molecular formula is C24H22ClFN4O3. The number of nitrogens with one attached hydrogen (secondary N) is 1. The summed E-state index contributed by atoms with van der Waals surface area (Å²) in [5.74, 6) is 0.746. The summed E-state index contributed by atoms with van der Waals surface area (Å²) in [7, 11) is 0. The molecule has 0 atom stereocenters. The van der Waals surface area contributed by atoms with E-state index in [9.17, 15) is 9.18 Å². The van der Waals surface area contributed by atoms with E-state index in [1.807, 2.05) is 20.8 Å². The molecule has 4 rings (SSSR count). The second-order valence-electron chi connectivity index (χ2n) is 7.61. The number of hydrogen-bond donors (Lipinski definition) is 1. The van der Waals surface area contributed by atoms with E-state index in [2.05, 4.69) is 15.6 Å². The highest BCUT2D eigenvalue weighted by Crippen LogP contribution is 2.23. The second kappa shape index (κ2) is 9.46. The molecule has 170 valence electrons. The van der Waals surface area contributed by atoms with Gasteiger partial charge >= 0.3 is 0 Å². The molecule has 0 radical (unpaired) electrons. The molecule has 9 heteroatoms. The first-order valence-electron chi connectivity index (χ1n) is 10.2. The van der Waals surface area contributed by atoms with Crippen molar-refractivity contribution < 1.29 is 18.4 Å². The zero-order valence-corrected chi connectivity index (χ0v) is 19.1. The van der Waals surface area contributed by atoms with E-state index in [-0.39, 0.29) is 12.5 Å². The van der Waals surface area contributed by atoms with Gasteiger partial charge < -0.3 is 14.6 Å². The van der Waals surface area contributed by atoms with Gasteiger partial charge in [-0.25, -0.2) is 4.39 Å². The van der Waals surface area contributed by atoms with Crippen LogP contribution in [0, 0.1) is 26.6 Å². The summed E-state index contributed by atoms with van der Waals surface area (Å²) in [5.41, 5.74) is 3.50. The van der Waals surface area contributed by atoms with Gasteiger partial charge in [0.15, 0.2) is 5.82 Å². The Balaban J connectivity index is 1.48. The van der Waals surface area contributed by atoms with Crippen LogP contribution in [0.1, 0.15) is 38.6 Å². The van der Waals surface area contributed by atoms with Crippen molar-refractivity contribution in [3.05, 3.63) is 93.2 Å². The molecule has 4 aromatic rings. The maximum atomic E-state index is 13.3. The smallest absolute Gasteiger partial charge is 0.260 e. The molecule has 0 fully saturated rings. The van der Waals surface area contributed by atoms with Crippen LogP contribution in [0.2, 0.25) is 5.02 Å². The fourth-order valence-corrected chi connectivity index (χ4v) is 3.59. The number of rotatable bonds is 7. The highest BCUT2D eigenvalue weighted by Gasteiger charge is 2.17. The van der Waals surface area contributed by atoms with Crippen LogP contribution in [-0.4, -0.2) is 20.8 Å². The Kier molecular flexibility index (Phi) is 6.46. The van der Waals surface area contributed by atoms with Gasteiger partial charge in [-0.2, -0.15) is 5.10 Å². The van der Waals surface area contributed by atoms with Gasteiger partial charge in [-0.1, -0.05) is 35.0 Å². The number of carbonyl (C=O) groups excluding carboxylic acids is 1. The van der Waals surface area contributed by atoms with Crippen LogP contribution >= 0.6 is 11.6 Å². The summed E-state index contributed by atoms with van der Waals surface area (Å²) >= 11 is 6.13. The third kappa shape index (κ3) is 5.06. The first-order valence-corrected chi connectivity index (χ1v) is 10.6. The molecule has 7 nitrogen and oxygen atoms in total. The lowest BCUT2D eigenvalue weighted by Crippen LogP contribution is -2.14. The van der Waals surface area contributed by atoms with Crippen molar-refractivity contribution in [2.45, 2.75) is 33.9 Å². The number of carbonyl (C=O) groups is 1. The molecule has 0 aliphatic carbocycles. The number of benzene rings is 2. The monoisotopic (exact) mass is 468 g/mol. The molecule has 1 amide bonds. The van der Waals surface area contributed by atoms with E-state index in [1.54, 1.807) is 41.1 Å². The summed E-state index contributed by atoms with van der Waals surface area (Å²) in [5, 5.41) is 11.5. The van der Waals surface area contributed by atoms with Crippen LogP contribution in [0.3, 0.4) is 0 Å². The predicted octanol–water partition coefficient (Wildman–Crippen LogP) is 5.47. The zero-order valence-electron chi connectivity index (χ0n) is 18.4. The Morgan fingerprint density at radius 2 is 1.97 bits per heavy atom. The molecule has 0 saturated heterocycles. The molecule has 2 heterocycles. The lowest BCUT2D eigenvalue weighted by Gasteiger charge is -2.11. The number of nitrogens with zero attached hydrogens (tertiary/aromatic N) is 3. The minimum Gasteiger partial charge on any atom is -0.488 e. The van der Waals surface area contributed by atoms with Gasteiger partial charge in [0.2, 0.25) is 0 Å². The molecule has 0 aliphatic rings. The third-order valence-electron chi connectivity index (χ3n) is 5.24. The number of aromatic nitrogens is 3. The summed E-state index contributed by atoms with van der Waals surface area (Å²) in [6.07, 6.45) is 0. The van der Waals surface area contributed by atoms with Crippen LogP contribution in [0.15, 0.2) is 53.1 Å². The van der Waals surface area contributed by atoms with Gasteiger partial charge in [-0.05, 0) is 50.6 Å². The Labute approximate surface area is 195 Å². The summed E-state index contributed by atoms with van der Waals surface area (Å²) < 4.78 is 26.1. The SMILES string of the molecule is Cc1noc(C)c1COc1ccccc1C(=O)Nc1cc(C)n(Cc2ccc(F)cc2Cl)n1. The number of anilines is 1. The van der Waals surface area contributed by atoms with Crippen LogP contribution in [0.4, 0.5) is 10.2 Å². The van der Waals surface area contributed by atoms with E-state index in [1.165, 1.54) is 12.1 Å². The number of halogens is 2. The van der Waals surface area contributed by atoms with Crippen molar-refractivity contribution in [2.75, 3.05) is 5.32 Å². The molecule has 0 spiro atoms. The molecule has 0 aliphatic heterocycles. The average Bonchev–Trinajstić information content (AvgIpc) is 3.29. The minimum atomic E-state index is -0.399. The van der Waals surface area contributed by atoms with E-state index in [0.29, 0.717) is 34.5 Å². The number of hydrogen-bond acceptors (Lipinski definition) is 5. The number of ether oxygens (including phenoxy) is 1. The normalized spacial score (nSPS) is 10.9. The molecule has 2 aromatic heterocycles. The van der Waals surface area contributed by atoms with Gasteiger partial charge in [0.25, 0.3) is 5.91 Å². The first kappa shape index (κ1) is 22.5. The fourth-order valence-electron chi connectivity index (χ4n) is 3.36. The summed E-state index contributed by atoms with van der Waals surface area (Å²) in [4.78, 5) is 13.0. The Morgan fingerprint density at radius 3 is 2.70 bits per heavy atom. The van der Waals surface area contributed by atoms with E-state index in [4.69, 9.17) is 20.9 Å². The molecule has 0 unspecified atom stereocenters. The van der Waals surface area contributed by atoms with Crippen LogP contribution in [-0.2, 0) is 13.2 Å². The van der Waals surface area contributed by atoms with Crippen LogP contribution in [0.25, 0.3) is 0 Å². The fraction of sp³-hybridized carbons (Fsp3) is 0.208. The van der Waals surface area contributed by atoms with E-state index >= 15 is 0 Å². The molecule has 0 saturated carbocycles. The van der Waals surface area contributed by atoms with Crippen molar-refractivity contribution in [3.63, 3.8) is 0 Å². The highest BCUT2D eigenvalue weighted by atomic mass is 35.5. The molecule has 2 aromatic carbocycles. The first-order chi connectivity index (χ1) is 15.8. The minimum absolute atomic E-state index is 0.234. The quantitative estimate of drug-likeness (QED) is 0.389. The van der Waals surface area contributed by atoms with Gasteiger partial charge in [0.1, 0.15) is 23.9 Å². The topological polar surface area (TPSA) is 82.2 Å². The molecule has 33 heavy (non-hydrogen) atoms. The maximum Gasteiger partial charge on any atom is 0.260 e. The van der Waals surface area contributed by atoms with Crippen molar-refractivity contribution in [1.29, 1.82) is 0 Å². The third-order valence-corrected chi connectivity index (χ3v) is 5.59. The van der Waals surface area contributed by atoms with Crippen molar-refractivity contribution in [3.8, 4) is 5.75 Å². The van der Waals surface area contributed by atoms with E-state index < -0.39 is 5.82 Å². The van der Waals surface area contributed by atoms with Gasteiger partial charge in [0, 0.05) is 16.8 Å². The standard InChI is InChI=1S/C24H22ClFN4O3/c1-14-10-23(28-30(14)12-17-8-9-18(26)11-21(17)25)27-24(31)19-6-4-5-7-22(19)32-13-20-15(2)29-33-16(20)3/h4-11H,12-13H2,1-3H3,(H,27,28,31). The maximum absolute atomic E-state index is 13.3. The molecule has 1 N–H and O–H groups in total. The van der Waals surface area contributed by atoms with Gasteiger partial charge in [0.05, 0.1) is 23.4 Å². The van der Waals surface area contributed by atoms with E-state index in [0.717, 1.165) is 22.5 Å². The molecule has 0 bridgehead atoms. The Bertz CT molecular complexity index is 1300. The van der Waals surface area contributed by atoms with Crippen molar-refractivity contribution in [2.24, 2.45) is 0 Å². The van der Waals surface area contributed by atoms with Crippen LogP contribution in [0.5, 0.6) is 5.75 Å². The Morgan fingerprint density at radius 1 is 1.18 bits per heavy atom. The second-order valence-corrected chi connectivity index (χ2v) is 8.01. The number of para-hydroxylation sites is 1. The molecular weight excluding hydrogens is 447 g/mol. The van der Waals surface area contributed by atoms with Crippen LogP contribution < -0.4 is 10.1 Å².